The number of rotatable bonds is 5. The van der Waals surface area contributed by atoms with Gasteiger partial charge in [0.15, 0.2) is 5.96 Å². The summed E-state index contributed by atoms with van der Waals surface area (Å²) in [4.78, 5) is 4.35. The average Bonchev–Trinajstić information content (AvgIpc) is 3.05. The molecule has 22 heavy (non-hydrogen) atoms. The third-order valence-electron chi connectivity index (χ3n) is 4.61. The minimum Gasteiger partial charge on any atom is -0.356 e. The van der Waals surface area contributed by atoms with Crippen molar-refractivity contribution in [2.45, 2.75) is 50.8 Å². The second-order valence-corrected chi connectivity index (χ2v) is 7.17. The van der Waals surface area contributed by atoms with Crippen molar-refractivity contribution in [1.82, 2.24) is 20.4 Å². The average molecular weight is 324 g/mol. The zero-order valence-electron chi connectivity index (χ0n) is 14.4. The van der Waals surface area contributed by atoms with Crippen molar-refractivity contribution >= 4 is 17.7 Å². The number of aromatic nitrogens is 2. The maximum absolute atomic E-state index is 4.47. The van der Waals surface area contributed by atoms with E-state index >= 15 is 0 Å². The van der Waals surface area contributed by atoms with Crippen molar-refractivity contribution in [3.8, 4) is 0 Å². The molecular formula is C16H29N5S. The van der Waals surface area contributed by atoms with E-state index in [1.807, 2.05) is 30.5 Å². The molecule has 2 rings (SSSR count). The number of nitrogens with one attached hydrogen (secondary N) is 2. The van der Waals surface area contributed by atoms with Crippen LogP contribution < -0.4 is 10.6 Å². The second kappa shape index (κ2) is 7.90. The van der Waals surface area contributed by atoms with Crippen molar-refractivity contribution in [3.05, 3.63) is 17.0 Å². The number of thioether (sulfide) groups is 1. The molecule has 1 heterocycles. The summed E-state index contributed by atoms with van der Waals surface area (Å²) in [5.41, 5.74) is 3.72. The van der Waals surface area contributed by atoms with E-state index in [0.717, 1.165) is 29.9 Å². The van der Waals surface area contributed by atoms with Crippen LogP contribution in [0.4, 0.5) is 0 Å². The molecule has 0 spiro atoms. The van der Waals surface area contributed by atoms with E-state index < -0.39 is 0 Å². The van der Waals surface area contributed by atoms with Gasteiger partial charge in [-0.25, -0.2) is 0 Å². The molecule has 0 aromatic carbocycles. The lowest BCUT2D eigenvalue weighted by Gasteiger charge is -2.17. The molecular weight excluding hydrogens is 294 g/mol. The van der Waals surface area contributed by atoms with Gasteiger partial charge < -0.3 is 10.6 Å². The largest absolute Gasteiger partial charge is 0.356 e. The monoisotopic (exact) mass is 323 g/mol. The molecule has 2 N–H and O–H groups in total. The first-order chi connectivity index (χ1) is 10.5. The smallest absolute Gasteiger partial charge is 0.191 e. The number of hydrogen-bond donors (Lipinski definition) is 2. The van der Waals surface area contributed by atoms with E-state index in [-0.39, 0.29) is 0 Å². The van der Waals surface area contributed by atoms with Crippen molar-refractivity contribution in [3.63, 3.8) is 0 Å². The van der Waals surface area contributed by atoms with Crippen LogP contribution in [0.2, 0.25) is 0 Å². The first kappa shape index (κ1) is 17.2. The number of hydrogen-bond acceptors (Lipinski definition) is 3. The lowest BCUT2D eigenvalue weighted by molar-refractivity contribution is 0.614. The van der Waals surface area contributed by atoms with Gasteiger partial charge in [-0.05, 0) is 51.3 Å². The number of aliphatic imine (C=N–C) groups is 1. The van der Waals surface area contributed by atoms with E-state index in [1.54, 1.807) is 0 Å². The lowest BCUT2D eigenvalue weighted by atomic mass is 10.1. The quantitative estimate of drug-likeness (QED) is 0.643. The molecule has 1 aromatic rings. The minimum atomic E-state index is 0.561. The van der Waals surface area contributed by atoms with Crippen LogP contribution in [0.15, 0.2) is 4.99 Å². The molecule has 0 amide bonds. The van der Waals surface area contributed by atoms with Crippen molar-refractivity contribution in [1.29, 1.82) is 0 Å². The summed E-state index contributed by atoms with van der Waals surface area (Å²) in [6.45, 7) is 5.09. The third kappa shape index (κ3) is 4.18. The van der Waals surface area contributed by atoms with Gasteiger partial charge in [0.05, 0.1) is 5.69 Å². The highest BCUT2D eigenvalue weighted by molar-refractivity contribution is 7.99. The zero-order valence-corrected chi connectivity index (χ0v) is 15.3. The second-order valence-electron chi connectivity index (χ2n) is 6.03. The predicted molar refractivity (Wildman–Crippen MR) is 95.8 cm³/mol. The van der Waals surface area contributed by atoms with Crippen LogP contribution in [0.1, 0.15) is 36.2 Å². The summed E-state index contributed by atoms with van der Waals surface area (Å²) in [5.74, 6) is 0.922. The summed E-state index contributed by atoms with van der Waals surface area (Å²) in [6, 6.07) is 0.561. The van der Waals surface area contributed by atoms with Crippen molar-refractivity contribution < 1.29 is 0 Å². The van der Waals surface area contributed by atoms with Crippen LogP contribution in [0.25, 0.3) is 0 Å². The summed E-state index contributed by atoms with van der Waals surface area (Å²) in [7, 11) is 3.85. The van der Waals surface area contributed by atoms with Gasteiger partial charge >= 0.3 is 0 Å². The van der Waals surface area contributed by atoms with Gasteiger partial charge in [-0.2, -0.15) is 16.9 Å². The van der Waals surface area contributed by atoms with Gasteiger partial charge in [-0.15, -0.1) is 0 Å². The van der Waals surface area contributed by atoms with Crippen molar-refractivity contribution in [2.24, 2.45) is 12.0 Å². The highest BCUT2D eigenvalue weighted by Crippen LogP contribution is 2.27. The van der Waals surface area contributed by atoms with Crippen LogP contribution in [0.5, 0.6) is 0 Å². The van der Waals surface area contributed by atoms with Gasteiger partial charge in [0.1, 0.15) is 0 Å². The SMILES string of the molecule is CN=C(NCCc1c(C)nn(C)c1C)NC1CCC(SC)C1. The Morgan fingerprint density at radius 2 is 2.18 bits per heavy atom. The van der Waals surface area contributed by atoms with E-state index in [4.69, 9.17) is 0 Å². The van der Waals surface area contributed by atoms with Crippen LogP contribution >= 0.6 is 11.8 Å². The summed E-state index contributed by atoms with van der Waals surface area (Å²) < 4.78 is 1.96. The molecule has 2 unspecified atom stereocenters. The highest BCUT2D eigenvalue weighted by atomic mass is 32.2. The summed E-state index contributed by atoms with van der Waals surface area (Å²) in [5, 5.41) is 12.3. The molecule has 5 nitrogen and oxygen atoms in total. The number of guanidine groups is 1. The molecule has 2 atom stereocenters. The van der Waals surface area contributed by atoms with E-state index in [2.05, 4.69) is 40.8 Å². The fourth-order valence-corrected chi connectivity index (χ4v) is 3.95. The maximum Gasteiger partial charge on any atom is 0.191 e. The highest BCUT2D eigenvalue weighted by Gasteiger charge is 2.24. The lowest BCUT2D eigenvalue weighted by Crippen LogP contribution is -2.43. The Bertz CT molecular complexity index is 523. The Balaban J connectivity index is 1.79. The Hall–Kier alpha value is -1.17. The zero-order chi connectivity index (χ0) is 16.1. The van der Waals surface area contributed by atoms with Gasteiger partial charge in [0.25, 0.3) is 0 Å². The third-order valence-corrected chi connectivity index (χ3v) is 5.70. The molecule has 0 saturated heterocycles. The van der Waals surface area contributed by atoms with Crippen LogP contribution in [-0.2, 0) is 13.5 Å². The molecule has 1 aromatic heterocycles. The molecule has 124 valence electrons. The van der Waals surface area contributed by atoms with Gasteiger partial charge in [-0.1, -0.05) is 0 Å². The van der Waals surface area contributed by atoms with Crippen molar-refractivity contribution in [2.75, 3.05) is 19.8 Å². The first-order valence-electron chi connectivity index (χ1n) is 8.04. The Labute approximate surface area is 138 Å². The van der Waals surface area contributed by atoms with Gasteiger partial charge in [0.2, 0.25) is 0 Å². The fraction of sp³-hybridized carbons (Fsp3) is 0.750. The van der Waals surface area contributed by atoms with Gasteiger partial charge in [0, 0.05) is 37.6 Å². The molecule has 0 radical (unpaired) electrons. The topological polar surface area (TPSA) is 54.2 Å². The van der Waals surface area contributed by atoms with E-state index in [1.165, 1.54) is 30.5 Å². The Morgan fingerprint density at radius 1 is 1.41 bits per heavy atom. The van der Waals surface area contributed by atoms with Crippen LogP contribution in [0.3, 0.4) is 0 Å². The first-order valence-corrected chi connectivity index (χ1v) is 9.33. The summed E-state index contributed by atoms with van der Waals surface area (Å²) >= 11 is 1.98. The minimum absolute atomic E-state index is 0.561. The molecule has 6 heteroatoms. The maximum atomic E-state index is 4.47. The molecule has 1 saturated carbocycles. The molecule has 1 fully saturated rings. The van der Waals surface area contributed by atoms with Gasteiger partial charge in [-0.3, -0.25) is 9.67 Å². The fourth-order valence-electron chi connectivity index (χ4n) is 3.16. The molecule has 0 aliphatic heterocycles. The van der Waals surface area contributed by atoms with Crippen LogP contribution in [0, 0.1) is 13.8 Å². The normalized spacial score (nSPS) is 22.1. The number of nitrogens with zero attached hydrogens (tertiary/aromatic N) is 3. The standard InChI is InChI=1S/C16H29N5S/c1-11-15(12(2)21(4)20-11)8-9-18-16(17-3)19-13-6-7-14(10-13)22-5/h13-14H,6-10H2,1-5H3,(H2,17,18,19). The van der Waals surface area contributed by atoms with E-state index in [9.17, 15) is 0 Å². The predicted octanol–water partition coefficient (Wildman–Crippen LogP) is 2.03. The molecule has 1 aliphatic carbocycles. The Morgan fingerprint density at radius 3 is 2.73 bits per heavy atom. The van der Waals surface area contributed by atoms with Crippen LogP contribution in [-0.4, -0.2) is 46.9 Å². The number of aryl methyl sites for hydroxylation is 2. The summed E-state index contributed by atoms with van der Waals surface area (Å²) in [6.07, 6.45) is 6.97. The molecule has 0 bridgehead atoms. The Kier molecular flexibility index (Phi) is 6.17. The van der Waals surface area contributed by atoms with E-state index in [0.29, 0.717) is 6.04 Å². The molecule has 1 aliphatic rings.